The van der Waals surface area contributed by atoms with Gasteiger partial charge in [0, 0.05) is 10.6 Å². The van der Waals surface area contributed by atoms with Crippen LogP contribution in [0, 0.1) is 0 Å². The highest BCUT2D eigenvalue weighted by atomic mass is 32.2. The zero-order valence-corrected chi connectivity index (χ0v) is 9.26. The number of carboxylic acid groups (broad SMARTS) is 1. The zero-order chi connectivity index (χ0) is 13.1. The number of benzene rings is 1. The summed E-state index contributed by atoms with van der Waals surface area (Å²) in [7, 11) is 0. The lowest BCUT2D eigenvalue weighted by Crippen LogP contribution is -2.30. The van der Waals surface area contributed by atoms with Crippen LogP contribution in [-0.4, -0.2) is 34.2 Å². The molecule has 17 heavy (non-hydrogen) atoms. The fraction of sp³-hybridized carbons (Fsp3) is 0.300. The number of thioether (sulfide) groups is 1. The zero-order valence-electron chi connectivity index (χ0n) is 8.44. The predicted octanol–water partition coefficient (Wildman–Crippen LogP) is 2.40. The van der Waals surface area contributed by atoms with Gasteiger partial charge < -0.3 is 10.2 Å². The Labute approximate surface area is 99.3 Å². The molecule has 0 bridgehead atoms. The summed E-state index contributed by atoms with van der Waals surface area (Å²) in [6.07, 6.45) is -7.15. The van der Waals surface area contributed by atoms with Gasteiger partial charge in [0.25, 0.3) is 0 Å². The second kappa shape index (κ2) is 5.42. The van der Waals surface area contributed by atoms with E-state index in [1.807, 2.05) is 0 Å². The maximum atomic E-state index is 12.0. The highest BCUT2D eigenvalue weighted by molar-refractivity contribution is 7.99. The normalized spacial score (nSPS) is 13.4. The molecule has 0 unspecified atom stereocenters. The first-order valence-electron chi connectivity index (χ1n) is 4.52. The molecule has 0 aliphatic carbocycles. The van der Waals surface area contributed by atoms with E-state index < -0.39 is 24.0 Å². The van der Waals surface area contributed by atoms with Crippen LogP contribution >= 0.6 is 11.8 Å². The van der Waals surface area contributed by atoms with E-state index in [1.165, 1.54) is 24.3 Å². The van der Waals surface area contributed by atoms with Crippen molar-refractivity contribution in [3.63, 3.8) is 0 Å². The minimum atomic E-state index is -4.69. The van der Waals surface area contributed by atoms with E-state index in [4.69, 9.17) is 10.2 Å². The van der Waals surface area contributed by atoms with Gasteiger partial charge >= 0.3 is 12.1 Å². The summed E-state index contributed by atoms with van der Waals surface area (Å²) in [5.41, 5.74) is -0.0770. The Morgan fingerprint density at radius 1 is 1.35 bits per heavy atom. The number of aromatic carboxylic acids is 1. The van der Waals surface area contributed by atoms with E-state index >= 15 is 0 Å². The van der Waals surface area contributed by atoms with Crippen LogP contribution < -0.4 is 0 Å². The third kappa shape index (κ3) is 3.94. The van der Waals surface area contributed by atoms with Crippen LogP contribution in [0.4, 0.5) is 13.2 Å². The van der Waals surface area contributed by atoms with Gasteiger partial charge in [-0.3, -0.25) is 0 Å². The molecule has 94 valence electrons. The average Bonchev–Trinajstić information content (AvgIpc) is 2.24. The molecule has 0 aliphatic rings. The van der Waals surface area contributed by atoms with Crippen LogP contribution in [0.5, 0.6) is 0 Å². The lowest BCUT2D eigenvalue weighted by molar-refractivity contribution is -0.195. The minimum Gasteiger partial charge on any atom is -0.478 e. The van der Waals surface area contributed by atoms with Crippen molar-refractivity contribution in [2.75, 3.05) is 5.75 Å². The molecule has 0 saturated carbocycles. The molecule has 0 fully saturated rings. The molecule has 1 atom stereocenters. The quantitative estimate of drug-likeness (QED) is 0.822. The summed E-state index contributed by atoms with van der Waals surface area (Å²) < 4.78 is 36.1. The first-order chi connectivity index (χ1) is 7.82. The molecule has 0 heterocycles. The molecule has 7 heteroatoms. The van der Waals surface area contributed by atoms with Crippen molar-refractivity contribution in [2.45, 2.75) is 17.2 Å². The van der Waals surface area contributed by atoms with Gasteiger partial charge in [-0.25, -0.2) is 4.79 Å². The molecular formula is C10H9F3O3S. The summed E-state index contributed by atoms with van der Waals surface area (Å²) in [6.45, 7) is 0. The fourth-order valence-electron chi connectivity index (χ4n) is 1.03. The summed E-state index contributed by atoms with van der Waals surface area (Å²) in [6, 6.07) is 5.70. The molecule has 3 nitrogen and oxygen atoms in total. The first kappa shape index (κ1) is 13.9. The van der Waals surface area contributed by atoms with Crippen LogP contribution in [0.2, 0.25) is 0 Å². The van der Waals surface area contributed by atoms with Crippen molar-refractivity contribution >= 4 is 17.7 Å². The Kier molecular flexibility index (Phi) is 4.41. The van der Waals surface area contributed by atoms with Crippen molar-refractivity contribution in [3.8, 4) is 0 Å². The molecule has 1 rings (SSSR count). The third-order valence-corrected chi connectivity index (χ3v) is 3.04. The summed E-state index contributed by atoms with van der Waals surface area (Å²) in [5, 5.41) is 17.6. The highest BCUT2D eigenvalue weighted by Crippen LogP contribution is 2.28. The number of hydrogen-bond acceptors (Lipinski definition) is 3. The monoisotopic (exact) mass is 266 g/mol. The van der Waals surface area contributed by atoms with E-state index in [9.17, 15) is 18.0 Å². The molecule has 2 N–H and O–H groups in total. The van der Waals surface area contributed by atoms with Crippen molar-refractivity contribution in [2.24, 2.45) is 0 Å². The maximum Gasteiger partial charge on any atom is 0.415 e. The Morgan fingerprint density at radius 3 is 2.47 bits per heavy atom. The molecule has 0 amide bonds. The first-order valence-corrected chi connectivity index (χ1v) is 5.51. The lowest BCUT2D eigenvalue weighted by atomic mass is 10.2. The van der Waals surface area contributed by atoms with Gasteiger partial charge in [-0.2, -0.15) is 13.2 Å². The highest BCUT2D eigenvalue weighted by Gasteiger charge is 2.38. The van der Waals surface area contributed by atoms with Crippen molar-refractivity contribution in [3.05, 3.63) is 29.8 Å². The Hall–Kier alpha value is -1.21. The summed E-state index contributed by atoms with van der Waals surface area (Å²) in [5.74, 6) is -1.84. The summed E-state index contributed by atoms with van der Waals surface area (Å²) in [4.78, 5) is 11.0. The van der Waals surface area contributed by atoms with E-state index in [1.54, 1.807) is 0 Å². The van der Waals surface area contributed by atoms with Crippen LogP contribution in [0.1, 0.15) is 10.4 Å². The standard InChI is InChI=1S/C10H9F3O3S/c11-10(12,13)8(14)5-17-7-4-2-1-3-6(7)9(15)16/h1-4,8,14H,5H2,(H,15,16)/t8-/m1/s1. The topological polar surface area (TPSA) is 57.5 Å². The second-order valence-corrected chi connectivity index (χ2v) is 4.23. The SMILES string of the molecule is O=C(O)c1ccccc1SC[C@@H](O)C(F)(F)F. The number of carboxylic acids is 1. The van der Waals surface area contributed by atoms with E-state index in [0.29, 0.717) is 11.8 Å². The molecule has 0 radical (unpaired) electrons. The number of halogens is 3. The van der Waals surface area contributed by atoms with Gasteiger partial charge in [-0.15, -0.1) is 11.8 Å². The average molecular weight is 266 g/mol. The van der Waals surface area contributed by atoms with Gasteiger partial charge in [-0.05, 0) is 12.1 Å². The van der Waals surface area contributed by atoms with Gasteiger partial charge in [0.05, 0.1) is 5.56 Å². The number of carbonyl (C=O) groups is 1. The van der Waals surface area contributed by atoms with Crippen LogP contribution in [0.25, 0.3) is 0 Å². The van der Waals surface area contributed by atoms with E-state index in [-0.39, 0.29) is 10.5 Å². The number of alkyl halides is 3. The van der Waals surface area contributed by atoms with Gasteiger partial charge in [0.1, 0.15) is 0 Å². The summed E-state index contributed by atoms with van der Waals surface area (Å²) >= 11 is 0.660. The Bertz CT molecular complexity index is 406. The Balaban J connectivity index is 2.73. The van der Waals surface area contributed by atoms with E-state index in [0.717, 1.165) is 0 Å². The van der Waals surface area contributed by atoms with Gasteiger partial charge in [0.15, 0.2) is 6.10 Å². The second-order valence-electron chi connectivity index (χ2n) is 3.17. The molecule has 0 aliphatic heterocycles. The largest absolute Gasteiger partial charge is 0.478 e. The molecule has 1 aromatic carbocycles. The third-order valence-electron chi connectivity index (χ3n) is 1.89. The molecule has 1 aromatic rings. The number of aliphatic hydroxyl groups excluding tert-OH is 1. The fourth-order valence-corrected chi connectivity index (χ4v) is 2.04. The van der Waals surface area contributed by atoms with Crippen molar-refractivity contribution in [1.29, 1.82) is 0 Å². The van der Waals surface area contributed by atoms with E-state index in [2.05, 4.69) is 0 Å². The van der Waals surface area contributed by atoms with Crippen LogP contribution in [-0.2, 0) is 0 Å². The number of rotatable bonds is 4. The lowest BCUT2D eigenvalue weighted by Gasteiger charge is -2.14. The smallest absolute Gasteiger partial charge is 0.415 e. The molecular weight excluding hydrogens is 257 g/mol. The van der Waals surface area contributed by atoms with Gasteiger partial charge in [-0.1, -0.05) is 12.1 Å². The minimum absolute atomic E-state index is 0.0770. The van der Waals surface area contributed by atoms with Crippen LogP contribution in [0.15, 0.2) is 29.2 Å². The number of hydrogen-bond donors (Lipinski definition) is 2. The molecule has 0 aromatic heterocycles. The number of aliphatic hydroxyl groups is 1. The van der Waals surface area contributed by atoms with Crippen LogP contribution in [0.3, 0.4) is 0 Å². The van der Waals surface area contributed by atoms with Crippen molar-refractivity contribution < 1.29 is 28.2 Å². The molecule has 0 saturated heterocycles. The Morgan fingerprint density at radius 2 is 1.94 bits per heavy atom. The maximum absolute atomic E-state index is 12.0. The van der Waals surface area contributed by atoms with Crippen molar-refractivity contribution in [1.82, 2.24) is 0 Å². The molecule has 0 spiro atoms. The van der Waals surface area contributed by atoms with Gasteiger partial charge in [0.2, 0.25) is 0 Å². The predicted molar refractivity (Wildman–Crippen MR) is 56.2 cm³/mol.